The lowest BCUT2D eigenvalue weighted by Gasteiger charge is -2.13. The first-order valence-electron chi connectivity index (χ1n) is 9.43. The minimum Gasteiger partial charge on any atom is -0.493 e. The molecule has 2 N–H and O–H groups in total. The molecule has 0 unspecified atom stereocenters. The maximum Gasteiger partial charge on any atom is 0.230 e. The molecule has 0 aliphatic rings. The number of thioether (sulfide) groups is 1. The summed E-state index contributed by atoms with van der Waals surface area (Å²) in [5.41, 5.74) is 4.75. The molecular formula is C22H22N4O3S. The van der Waals surface area contributed by atoms with E-state index in [1.807, 2.05) is 24.3 Å². The van der Waals surface area contributed by atoms with Gasteiger partial charge in [-0.05, 0) is 25.1 Å². The summed E-state index contributed by atoms with van der Waals surface area (Å²) in [7, 11) is 3.17. The van der Waals surface area contributed by atoms with Gasteiger partial charge in [-0.15, -0.1) is 0 Å². The third kappa shape index (κ3) is 3.91. The van der Waals surface area contributed by atoms with Gasteiger partial charge in [-0.3, -0.25) is 4.79 Å². The Morgan fingerprint density at radius 1 is 1.17 bits per heavy atom. The minimum atomic E-state index is -0.0939. The fourth-order valence-electron chi connectivity index (χ4n) is 3.37. The molecule has 4 rings (SSSR count). The van der Waals surface area contributed by atoms with Crippen LogP contribution >= 0.6 is 11.8 Å². The topological polar surface area (TPSA) is 89.1 Å². The maximum absolute atomic E-state index is 12.4. The SMILES string of the molecule is COc1cccc(CNC(=O)CSc2ncnc3c2[nH]c2ccc(C)cc23)c1OC. The van der Waals surface area contributed by atoms with Crippen molar-refractivity contribution in [3.63, 3.8) is 0 Å². The number of hydrogen-bond donors (Lipinski definition) is 2. The van der Waals surface area contributed by atoms with Crippen LogP contribution in [-0.2, 0) is 11.3 Å². The number of nitrogens with one attached hydrogen (secondary N) is 2. The largest absolute Gasteiger partial charge is 0.493 e. The Kier molecular flexibility index (Phi) is 5.76. The Morgan fingerprint density at radius 3 is 2.83 bits per heavy atom. The highest BCUT2D eigenvalue weighted by Gasteiger charge is 2.14. The van der Waals surface area contributed by atoms with Gasteiger partial charge < -0.3 is 19.8 Å². The number of fused-ring (bicyclic) bond motifs is 3. The van der Waals surface area contributed by atoms with Gasteiger partial charge >= 0.3 is 0 Å². The van der Waals surface area contributed by atoms with Crippen molar-refractivity contribution in [2.75, 3.05) is 20.0 Å². The predicted octanol–water partition coefficient (Wildman–Crippen LogP) is 3.85. The number of aromatic amines is 1. The Bertz CT molecular complexity index is 1220. The molecular weight excluding hydrogens is 400 g/mol. The van der Waals surface area contributed by atoms with Crippen molar-refractivity contribution in [2.24, 2.45) is 0 Å². The number of amides is 1. The molecule has 0 spiro atoms. The van der Waals surface area contributed by atoms with Gasteiger partial charge in [0.15, 0.2) is 11.5 Å². The van der Waals surface area contributed by atoms with E-state index in [0.29, 0.717) is 18.0 Å². The number of aromatic nitrogens is 3. The normalized spacial score (nSPS) is 11.0. The van der Waals surface area contributed by atoms with E-state index in [1.54, 1.807) is 20.5 Å². The standard InChI is InChI=1S/C22H22N4O3S/c1-13-7-8-16-15(9-13)19-20(26-16)22(25-12-24-19)30-11-18(27)23-10-14-5-4-6-17(28-2)21(14)29-3/h4-9,12,26H,10-11H2,1-3H3,(H,23,27). The summed E-state index contributed by atoms with van der Waals surface area (Å²) < 4.78 is 10.7. The van der Waals surface area contributed by atoms with Crippen LogP contribution in [-0.4, -0.2) is 40.8 Å². The number of ether oxygens (including phenoxy) is 2. The van der Waals surface area contributed by atoms with Crippen LogP contribution in [0.1, 0.15) is 11.1 Å². The van der Waals surface area contributed by atoms with Crippen LogP contribution in [0.2, 0.25) is 0 Å². The number of hydrogen-bond acceptors (Lipinski definition) is 6. The number of para-hydroxylation sites is 1. The highest BCUT2D eigenvalue weighted by Crippen LogP contribution is 2.31. The number of rotatable bonds is 7. The van der Waals surface area contributed by atoms with Gasteiger partial charge in [0, 0.05) is 23.0 Å². The van der Waals surface area contributed by atoms with Crippen LogP contribution in [0.4, 0.5) is 0 Å². The molecule has 154 valence electrons. The Hall–Kier alpha value is -3.26. The zero-order valence-corrected chi connectivity index (χ0v) is 17.8. The molecule has 4 aromatic rings. The third-order valence-electron chi connectivity index (χ3n) is 4.80. The van der Waals surface area contributed by atoms with Gasteiger partial charge in [0.25, 0.3) is 0 Å². The number of nitrogens with zero attached hydrogens (tertiary/aromatic N) is 2. The third-order valence-corrected chi connectivity index (χ3v) is 5.79. The van der Waals surface area contributed by atoms with Crippen molar-refractivity contribution < 1.29 is 14.3 Å². The fourth-order valence-corrected chi connectivity index (χ4v) is 4.15. The Balaban J connectivity index is 1.46. The highest BCUT2D eigenvalue weighted by molar-refractivity contribution is 8.00. The van der Waals surface area contributed by atoms with Gasteiger partial charge in [-0.25, -0.2) is 9.97 Å². The molecule has 0 radical (unpaired) electrons. The average Bonchev–Trinajstić information content (AvgIpc) is 3.14. The van der Waals surface area contributed by atoms with E-state index in [-0.39, 0.29) is 11.7 Å². The Morgan fingerprint density at radius 2 is 2.03 bits per heavy atom. The Labute approximate surface area is 178 Å². The van der Waals surface area contributed by atoms with Gasteiger partial charge in [-0.1, -0.05) is 35.5 Å². The van der Waals surface area contributed by atoms with Crippen molar-refractivity contribution in [1.82, 2.24) is 20.3 Å². The van der Waals surface area contributed by atoms with Gasteiger partial charge in [-0.2, -0.15) is 0 Å². The van der Waals surface area contributed by atoms with E-state index in [0.717, 1.165) is 32.5 Å². The molecule has 2 heterocycles. The summed E-state index contributed by atoms with van der Waals surface area (Å²) in [6, 6.07) is 11.8. The number of carbonyl (C=O) groups is 1. The van der Waals surface area contributed by atoms with E-state index < -0.39 is 0 Å². The average molecular weight is 423 g/mol. The second-order valence-corrected chi connectivity index (χ2v) is 7.76. The summed E-state index contributed by atoms with van der Waals surface area (Å²) in [5, 5.41) is 4.74. The molecule has 8 heteroatoms. The predicted molar refractivity (Wildman–Crippen MR) is 118 cm³/mol. The first-order chi connectivity index (χ1) is 14.6. The van der Waals surface area contributed by atoms with Crippen LogP contribution in [0.15, 0.2) is 47.8 Å². The van der Waals surface area contributed by atoms with Crippen LogP contribution in [0.3, 0.4) is 0 Å². The van der Waals surface area contributed by atoms with Crippen molar-refractivity contribution >= 4 is 39.6 Å². The van der Waals surface area contributed by atoms with Gasteiger partial charge in [0.05, 0.1) is 25.5 Å². The highest BCUT2D eigenvalue weighted by atomic mass is 32.2. The lowest BCUT2D eigenvalue weighted by molar-refractivity contribution is -0.118. The fraction of sp³-hybridized carbons (Fsp3) is 0.227. The zero-order chi connectivity index (χ0) is 21.1. The smallest absolute Gasteiger partial charge is 0.230 e. The van der Waals surface area contributed by atoms with Crippen molar-refractivity contribution in [2.45, 2.75) is 18.5 Å². The van der Waals surface area contributed by atoms with Gasteiger partial charge in [0.1, 0.15) is 16.9 Å². The second-order valence-electron chi connectivity index (χ2n) is 6.79. The summed E-state index contributed by atoms with van der Waals surface area (Å²) in [6.45, 7) is 2.40. The van der Waals surface area contributed by atoms with E-state index in [2.05, 4.69) is 39.3 Å². The summed E-state index contributed by atoms with van der Waals surface area (Å²) >= 11 is 1.38. The second kappa shape index (κ2) is 8.62. The number of aryl methyl sites for hydroxylation is 1. The number of benzene rings is 2. The molecule has 2 aromatic heterocycles. The summed E-state index contributed by atoms with van der Waals surface area (Å²) in [6.07, 6.45) is 1.54. The molecule has 0 saturated carbocycles. The van der Waals surface area contributed by atoms with Gasteiger partial charge in [0.2, 0.25) is 5.91 Å². The molecule has 7 nitrogen and oxygen atoms in total. The number of methoxy groups -OCH3 is 2. The maximum atomic E-state index is 12.4. The first-order valence-corrected chi connectivity index (χ1v) is 10.4. The molecule has 30 heavy (non-hydrogen) atoms. The van der Waals surface area contributed by atoms with E-state index in [9.17, 15) is 4.79 Å². The quantitative estimate of drug-likeness (QED) is 0.347. The van der Waals surface area contributed by atoms with E-state index in [1.165, 1.54) is 17.3 Å². The van der Waals surface area contributed by atoms with E-state index >= 15 is 0 Å². The van der Waals surface area contributed by atoms with Crippen molar-refractivity contribution in [3.05, 3.63) is 53.9 Å². The minimum absolute atomic E-state index is 0.0939. The van der Waals surface area contributed by atoms with Crippen LogP contribution in [0, 0.1) is 6.92 Å². The monoisotopic (exact) mass is 422 g/mol. The lowest BCUT2D eigenvalue weighted by atomic mass is 10.2. The molecule has 0 aliphatic carbocycles. The lowest BCUT2D eigenvalue weighted by Crippen LogP contribution is -2.24. The molecule has 2 aromatic carbocycles. The zero-order valence-electron chi connectivity index (χ0n) is 17.0. The summed E-state index contributed by atoms with van der Waals surface area (Å²) in [4.78, 5) is 24.6. The first kappa shape index (κ1) is 20.0. The molecule has 0 bridgehead atoms. The molecule has 0 aliphatic heterocycles. The molecule has 0 fully saturated rings. The van der Waals surface area contributed by atoms with Crippen molar-refractivity contribution in [1.29, 1.82) is 0 Å². The molecule has 1 amide bonds. The van der Waals surface area contributed by atoms with E-state index in [4.69, 9.17) is 9.47 Å². The summed E-state index contributed by atoms with van der Waals surface area (Å²) in [5.74, 6) is 1.41. The van der Waals surface area contributed by atoms with Crippen molar-refractivity contribution in [3.8, 4) is 11.5 Å². The van der Waals surface area contributed by atoms with Crippen LogP contribution in [0.5, 0.6) is 11.5 Å². The molecule has 0 saturated heterocycles. The van der Waals surface area contributed by atoms with Crippen LogP contribution < -0.4 is 14.8 Å². The number of H-pyrrole nitrogens is 1. The van der Waals surface area contributed by atoms with Crippen LogP contribution in [0.25, 0.3) is 21.9 Å². The molecule has 0 atom stereocenters. The number of carbonyl (C=O) groups excluding carboxylic acids is 1.